The molecule has 2 rings (SSSR count). The lowest BCUT2D eigenvalue weighted by atomic mass is 10.0. The van der Waals surface area contributed by atoms with Crippen molar-refractivity contribution in [1.82, 2.24) is 15.2 Å². The van der Waals surface area contributed by atoms with Crippen molar-refractivity contribution in [2.75, 3.05) is 26.2 Å². The fraction of sp³-hybridized carbons (Fsp3) is 0.706. The molecule has 1 saturated heterocycles. The number of hydrogen-bond acceptors (Lipinski definition) is 4. The highest BCUT2D eigenvalue weighted by Gasteiger charge is 2.30. The molecule has 0 radical (unpaired) electrons. The molecule has 1 aliphatic rings. The maximum Gasteiger partial charge on any atom is 0.0897 e. The summed E-state index contributed by atoms with van der Waals surface area (Å²) in [5, 5.41) is 3.64. The van der Waals surface area contributed by atoms with Crippen LogP contribution in [0.2, 0.25) is 0 Å². The van der Waals surface area contributed by atoms with Gasteiger partial charge >= 0.3 is 0 Å². The van der Waals surface area contributed by atoms with Crippen LogP contribution < -0.4 is 5.32 Å². The molecule has 2 unspecified atom stereocenters. The Kier molecular flexibility index (Phi) is 6.15. The first-order valence-electron chi connectivity index (χ1n) is 8.13. The lowest BCUT2D eigenvalue weighted by Gasteiger charge is -2.39. The van der Waals surface area contributed by atoms with Crippen molar-refractivity contribution in [2.24, 2.45) is 0 Å². The number of aryl methyl sites for hydroxylation is 1. The molecule has 0 aromatic carbocycles. The molecule has 4 heteroatoms. The summed E-state index contributed by atoms with van der Waals surface area (Å²) in [6.45, 7) is 12.5. The number of nitrogens with zero attached hydrogens (tertiary/aromatic N) is 2. The van der Waals surface area contributed by atoms with Gasteiger partial charge in [-0.25, -0.2) is 0 Å². The average molecular weight is 291 g/mol. The first-order chi connectivity index (χ1) is 10.1. The number of pyridine rings is 1. The minimum absolute atomic E-state index is 0.192. The Hall–Kier alpha value is -0.970. The number of rotatable bonds is 6. The van der Waals surface area contributed by atoms with E-state index in [2.05, 4.69) is 48.1 Å². The zero-order chi connectivity index (χ0) is 15.2. The van der Waals surface area contributed by atoms with Crippen LogP contribution in [0.1, 0.15) is 44.5 Å². The quantitative estimate of drug-likeness (QED) is 0.874. The van der Waals surface area contributed by atoms with Gasteiger partial charge in [-0.2, -0.15) is 0 Å². The van der Waals surface area contributed by atoms with Gasteiger partial charge in [-0.3, -0.25) is 9.88 Å². The van der Waals surface area contributed by atoms with Crippen molar-refractivity contribution < 1.29 is 4.74 Å². The zero-order valence-corrected chi connectivity index (χ0v) is 13.8. The van der Waals surface area contributed by atoms with Gasteiger partial charge in [0, 0.05) is 31.0 Å². The van der Waals surface area contributed by atoms with Crippen LogP contribution in [0.15, 0.2) is 18.3 Å². The zero-order valence-electron chi connectivity index (χ0n) is 13.8. The predicted octanol–water partition coefficient (Wildman–Crippen LogP) is 2.54. The Bertz CT molecular complexity index is 419. The molecule has 4 nitrogen and oxygen atoms in total. The summed E-state index contributed by atoms with van der Waals surface area (Å²) in [7, 11) is 0. The summed E-state index contributed by atoms with van der Waals surface area (Å²) in [6, 6.07) is 5.05. The van der Waals surface area contributed by atoms with E-state index in [-0.39, 0.29) is 12.1 Å². The molecular formula is C17H29N3O. The number of hydrogen-bond donors (Lipinski definition) is 1. The van der Waals surface area contributed by atoms with Gasteiger partial charge in [-0.1, -0.05) is 13.0 Å². The summed E-state index contributed by atoms with van der Waals surface area (Å²) in [4.78, 5) is 6.94. The third-order valence-electron chi connectivity index (χ3n) is 4.13. The van der Waals surface area contributed by atoms with Crippen LogP contribution in [-0.4, -0.2) is 48.3 Å². The normalized spacial score (nSPS) is 21.7. The van der Waals surface area contributed by atoms with E-state index in [0.717, 1.165) is 38.4 Å². The van der Waals surface area contributed by atoms with E-state index in [0.29, 0.717) is 6.04 Å². The minimum atomic E-state index is 0.192. The van der Waals surface area contributed by atoms with Crippen molar-refractivity contribution >= 4 is 0 Å². The third kappa shape index (κ3) is 4.50. The molecule has 0 amide bonds. The number of aromatic nitrogens is 1. The van der Waals surface area contributed by atoms with Crippen LogP contribution in [0.4, 0.5) is 0 Å². The van der Waals surface area contributed by atoms with Gasteiger partial charge in [-0.15, -0.1) is 0 Å². The fourth-order valence-corrected chi connectivity index (χ4v) is 2.79. The maximum absolute atomic E-state index is 6.07. The van der Waals surface area contributed by atoms with Crippen molar-refractivity contribution in [2.45, 2.75) is 52.3 Å². The monoisotopic (exact) mass is 291 g/mol. The molecule has 21 heavy (non-hydrogen) atoms. The van der Waals surface area contributed by atoms with E-state index in [4.69, 9.17) is 4.74 Å². The Balaban J connectivity index is 2.12. The van der Waals surface area contributed by atoms with Gasteiger partial charge in [0.1, 0.15) is 0 Å². The highest BCUT2D eigenvalue weighted by Crippen LogP contribution is 2.23. The topological polar surface area (TPSA) is 37.4 Å². The molecule has 1 aromatic heterocycles. The SMILES string of the molecule is CCCNC(c1ccc(C)nc1)C1CN(C(C)C)CCO1. The van der Waals surface area contributed by atoms with Crippen LogP contribution >= 0.6 is 0 Å². The van der Waals surface area contributed by atoms with E-state index in [1.165, 1.54) is 5.56 Å². The molecule has 1 aliphatic heterocycles. The molecule has 1 aromatic rings. The van der Waals surface area contributed by atoms with Gasteiger partial charge in [0.25, 0.3) is 0 Å². The van der Waals surface area contributed by atoms with Gasteiger partial charge in [0.05, 0.1) is 18.8 Å². The Morgan fingerprint density at radius 2 is 2.24 bits per heavy atom. The van der Waals surface area contributed by atoms with E-state index >= 15 is 0 Å². The Labute approximate surface area is 128 Å². The molecule has 0 aliphatic carbocycles. The molecule has 0 spiro atoms. The molecular weight excluding hydrogens is 262 g/mol. The second kappa shape index (κ2) is 7.87. The molecule has 1 fully saturated rings. The van der Waals surface area contributed by atoms with Gasteiger partial charge in [0.15, 0.2) is 0 Å². The first kappa shape index (κ1) is 16.4. The lowest BCUT2D eigenvalue weighted by molar-refractivity contribution is -0.0561. The number of morpholine rings is 1. The summed E-state index contributed by atoms with van der Waals surface area (Å²) >= 11 is 0. The van der Waals surface area contributed by atoms with Crippen molar-refractivity contribution in [3.05, 3.63) is 29.6 Å². The molecule has 2 atom stereocenters. The van der Waals surface area contributed by atoms with E-state index in [1.807, 2.05) is 13.1 Å². The summed E-state index contributed by atoms with van der Waals surface area (Å²) in [6.07, 6.45) is 3.30. The van der Waals surface area contributed by atoms with Crippen LogP contribution in [0, 0.1) is 6.92 Å². The lowest BCUT2D eigenvalue weighted by Crippen LogP contribution is -2.50. The number of ether oxygens (including phenoxy) is 1. The molecule has 1 N–H and O–H groups in total. The summed E-state index contributed by atoms with van der Waals surface area (Å²) < 4.78 is 6.07. The van der Waals surface area contributed by atoms with E-state index in [1.54, 1.807) is 0 Å². The Morgan fingerprint density at radius 1 is 1.43 bits per heavy atom. The second-order valence-corrected chi connectivity index (χ2v) is 6.16. The van der Waals surface area contributed by atoms with Crippen molar-refractivity contribution in [3.63, 3.8) is 0 Å². The second-order valence-electron chi connectivity index (χ2n) is 6.16. The standard InChI is InChI=1S/C17H29N3O/c1-5-8-18-17(15-7-6-14(4)19-11-15)16-12-20(13(2)3)9-10-21-16/h6-7,11,13,16-18H,5,8-10,12H2,1-4H3. The first-order valence-corrected chi connectivity index (χ1v) is 8.13. The van der Waals surface area contributed by atoms with Crippen molar-refractivity contribution in [1.29, 1.82) is 0 Å². The Morgan fingerprint density at radius 3 is 2.86 bits per heavy atom. The van der Waals surface area contributed by atoms with E-state index < -0.39 is 0 Å². The highest BCUT2D eigenvalue weighted by molar-refractivity contribution is 5.19. The van der Waals surface area contributed by atoms with Crippen LogP contribution in [0.25, 0.3) is 0 Å². The van der Waals surface area contributed by atoms with Gasteiger partial charge in [0.2, 0.25) is 0 Å². The molecule has 0 saturated carbocycles. The van der Waals surface area contributed by atoms with Gasteiger partial charge in [-0.05, 0) is 45.4 Å². The van der Waals surface area contributed by atoms with Crippen molar-refractivity contribution in [3.8, 4) is 0 Å². The molecule has 2 heterocycles. The molecule has 118 valence electrons. The summed E-state index contributed by atoms with van der Waals surface area (Å²) in [5.41, 5.74) is 2.28. The summed E-state index contributed by atoms with van der Waals surface area (Å²) in [5.74, 6) is 0. The minimum Gasteiger partial charge on any atom is -0.374 e. The third-order valence-corrected chi connectivity index (χ3v) is 4.13. The van der Waals surface area contributed by atoms with E-state index in [9.17, 15) is 0 Å². The van der Waals surface area contributed by atoms with Gasteiger partial charge < -0.3 is 10.1 Å². The molecule has 0 bridgehead atoms. The predicted molar refractivity (Wildman–Crippen MR) is 86.5 cm³/mol. The average Bonchev–Trinajstić information content (AvgIpc) is 2.49. The van der Waals surface area contributed by atoms with Crippen LogP contribution in [0.5, 0.6) is 0 Å². The fourth-order valence-electron chi connectivity index (χ4n) is 2.79. The number of nitrogens with one attached hydrogen (secondary N) is 1. The largest absolute Gasteiger partial charge is 0.374 e. The van der Waals surface area contributed by atoms with Crippen LogP contribution in [-0.2, 0) is 4.74 Å². The highest BCUT2D eigenvalue weighted by atomic mass is 16.5. The maximum atomic E-state index is 6.07. The van der Waals surface area contributed by atoms with Crippen LogP contribution in [0.3, 0.4) is 0 Å². The smallest absolute Gasteiger partial charge is 0.0897 e.